The normalized spacial score (nSPS) is 12.5. The Morgan fingerprint density at radius 1 is 1.33 bits per heavy atom. The van der Waals surface area contributed by atoms with Crippen molar-refractivity contribution >= 4 is 27.9 Å². The largest absolute Gasteiger partial charge is 0.307 e. The fraction of sp³-hybridized carbons (Fsp3) is 0.211. The number of nitrogens with zero attached hydrogens (tertiary/aromatic N) is 2. The zero-order valence-electron chi connectivity index (χ0n) is 13.8. The summed E-state index contributed by atoms with van der Waals surface area (Å²) in [5, 5.41) is 6.32. The van der Waals surface area contributed by atoms with Gasteiger partial charge in [0.2, 0.25) is 0 Å². The molecule has 0 amide bonds. The van der Waals surface area contributed by atoms with Gasteiger partial charge >= 0.3 is 0 Å². The number of hydrogen-bond acceptors (Lipinski definition) is 3. The van der Waals surface area contributed by atoms with E-state index in [1.165, 1.54) is 11.3 Å². The topological polar surface area (TPSA) is 29.3 Å². The molecule has 3 aromatic rings. The molecule has 3 rings (SSSR count). The van der Waals surface area contributed by atoms with Crippen molar-refractivity contribution in [2.75, 3.05) is 6.54 Å². The molecule has 0 spiro atoms. The quantitative estimate of drug-likeness (QED) is 0.604. The number of hydrogen-bond donors (Lipinski definition) is 1. The number of halogens is 1. The van der Waals surface area contributed by atoms with Crippen LogP contribution < -0.4 is 5.32 Å². The number of nitrogens with one attached hydrogen (secondary N) is 1. The molecule has 0 bridgehead atoms. The molecule has 1 N–H and O–H groups in total. The van der Waals surface area contributed by atoms with Crippen LogP contribution in [0.15, 0.2) is 59.6 Å². The van der Waals surface area contributed by atoms with Gasteiger partial charge in [0.25, 0.3) is 0 Å². The average Bonchev–Trinajstić information content (AvgIpc) is 3.16. The Bertz CT molecular complexity index is 872. The summed E-state index contributed by atoms with van der Waals surface area (Å²) >= 11 is 7.66. The standard InChI is InChI=1S/C19H20ClN3S/c1-3-4-5-14(2)12-21-13-17-18(15-6-8-16(20)9-7-15)22-19-23(17)10-11-24-19/h3-11,21H,12-13H2,1-2H3/b4-3-,14-5+. The lowest BCUT2D eigenvalue weighted by Crippen LogP contribution is -2.17. The lowest BCUT2D eigenvalue weighted by molar-refractivity contribution is 0.719. The summed E-state index contributed by atoms with van der Waals surface area (Å²) in [7, 11) is 0. The smallest absolute Gasteiger partial charge is 0.194 e. The number of benzene rings is 1. The number of thiazole rings is 1. The molecule has 5 heteroatoms. The SMILES string of the molecule is C/C=C\C=C(/C)CNCc1c(-c2ccc(Cl)cc2)nc2sccn12. The van der Waals surface area contributed by atoms with Crippen molar-refractivity contribution in [1.82, 2.24) is 14.7 Å². The fourth-order valence-corrected chi connectivity index (χ4v) is 3.40. The Labute approximate surface area is 151 Å². The summed E-state index contributed by atoms with van der Waals surface area (Å²) in [6.07, 6.45) is 8.30. The summed E-state index contributed by atoms with van der Waals surface area (Å²) in [5.41, 5.74) is 4.58. The average molecular weight is 358 g/mol. The van der Waals surface area contributed by atoms with Crippen LogP contribution in [0.4, 0.5) is 0 Å². The van der Waals surface area contributed by atoms with E-state index in [1.807, 2.05) is 37.3 Å². The molecule has 2 aromatic heterocycles. The molecule has 1 aromatic carbocycles. The lowest BCUT2D eigenvalue weighted by Gasteiger charge is -2.07. The van der Waals surface area contributed by atoms with E-state index in [9.17, 15) is 0 Å². The molecule has 0 saturated heterocycles. The molecule has 0 atom stereocenters. The number of imidazole rings is 1. The molecule has 0 aliphatic carbocycles. The maximum atomic E-state index is 6.01. The Balaban J connectivity index is 1.84. The minimum atomic E-state index is 0.740. The summed E-state index contributed by atoms with van der Waals surface area (Å²) < 4.78 is 2.16. The van der Waals surface area contributed by atoms with Crippen LogP contribution in [0.5, 0.6) is 0 Å². The van der Waals surface area contributed by atoms with Crippen LogP contribution in [0.25, 0.3) is 16.2 Å². The molecular formula is C19H20ClN3S. The first kappa shape index (κ1) is 17.0. The van der Waals surface area contributed by atoms with Crippen molar-refractivity contribution in [3.8, 4) is 11.3 Å². The molecule has 0 unspecified atom stereocenters. The van der Waals surface area contributed by atoms with Gasteiger partial charge in [0.15, 0.2) is 4.96 Å². The first-order valence-electron chi connectivity index (χ1n) is 7.88. The van der Waals surface area contributed by atoms with E-state index in [0.29, 0.717) is 0 Å². The van der Waals surface area contributed by atoms with E-state index in [4.69, 9.17) is 16.6 Å². The summed E-state index contributed by atoms with van der Waals surface area (Å²) in [4.78, 5) is 5.80. The molecule has 0 saturated carbocycles. The second kappa shape index (κ2) is 7.79. The van der Waals surface area contributed by atoms with Gasteiger partial charge in [-0.05, 0) is 26.0 Å². The van der Waals surface area contributed by atoms with E-state index >= 15 is 0 Å². The van der Waals surface area contributed by atoms with Gasteiger partial charge in [-0.3, -0.25) is 4.40 Å². The Hall–Kier alpha value is -1.88. The molecule has 3 nitrogen and oxygen atoms in total. The van der Waals surface area contributed by atoms with Gasteiger partial charge in [-0.1, -0.05) is 47.5 Å². The van der Waals surface area contributed by atoms with Gasteiger partial charge in [-0.15, -0.1) is 11.3 Å². The van der Waals surface area contributed by atoms with Crippen molar-refractivity contribution < 1.29 is 0 Å². The fourth-order valence-electron chi connectivity index (χ4n) is 2.54. The summed E-state index contributed by atoms with van der Waals surface area (Å²) in [6, 6.07) is 7.86. The van der Waals surface area contributed by atoms with Crippen molar-refractivity contribution in [2.24, 2.45) is 0 Å². The van der Waals surface area contributed by atoms with Crippen LogP contribution in [0.1, 0.15) is 19.5 Å². The highest BCUT2D eigenvalue weighted by molar-refractivity contribution is 7.15. The number of aromatic nitrogens is 2. The van der Waals surface area contributed by atoms with Crippen LogP contribution >= 0.6 is 22.9 Å². The Kier molecular flexibility index (Phi) is 5.51. The van der Waals surface area contributed by atoms with Crippen LogP contribution in [-0.2, 0) is 6.54 Å². The summed E-state index contributed by atoms with van der Waals surface area (Å²) in [6.45, 7) is 5.76. The van der Waals surface area contributed by atoms with Crippen LogP contribution in [0.3, 0.4) is 0 Å². The van der Waals surface area contributed by atoms with Gasteiger partial charge in [-0.25, -0.2) is 4.98 Å². The third-order valence-corrected chi connectivity index (χ3v) is 4.76. The predicted molar refractivity (Wildman–Crippen MR) is 104 cm³/mol. The molecule has 124 valence electrons. The third-order valence-electron chi connectivity index (χ3n) is 3.75. The van der Waals surface area contributed by atoms with E-state index < -0.39 is 0 Å². The molecule has 0 aliphatic heterocycles. The van der Waals surface area contributed by atoms with Crippen molar-refractivity contribution in [3.05, 3.63) is 70.4 Å². The minimum absolute atomic E-state index is 0.740. The highest BCUT2D eigenvalue weighted by Crippen LogP contribution is 2.27. The maximum absolute atomic E-state index is 6.01. The zero-order chi connectivity index (χ0) is 16.9. The van der Waals surface area contributed by atoms with E-state index in [0.717, 1.165) is 34.3 Å². The molecular weight excluding hydrogens is 338 g/mol. The molecule has 0 radical (unpaired) electrons. The highest BCUT2D eigenvalue weighted by atomic mass is 35.5. The van der Waals surface area contributed by atoms with Gasteiger partial charge in [0.1, 0.15) is 0 Å². The van der Waals surface area contributed by atoms with Crippen molar-refractivity contribution in [2.45, 2.75) is 20.4 Å². The van der Waals surface area contributed by atoms with E-state index in [1.54, 1.807) is 11.3 Å². The zero-order valence-corrected chi connectivity index (χ0v) is 15.4. The number of allylic oxidation sites excluding steroid dienone is 3. The second-order valence-corrected chi connectivity index (χ2v) is 6.92. The maximum Gasteiger partial charge on any atom is 0.194 e. The first-order chi connectivity index (χ1) is 11.7. The Morgan fingerprint density at radius 3 is 2.88 bits per heavy atom. The van der Waals surface area contributed by atoms with Crippen LogP contribution in [0, 0.1) is 0 Å². The van der Waals surface area contributed by atoms with E-state index in [2.05, 4.69) is 40.4 Å². The van der Waals surface area contributed by atoms with E-state index in [-0.39, 0.29) is 0 Å². The highest BCUT2D eigenvalue weighted by Gasteiger charge is 2.14. The number of fused-ring (bicyclic) bond motifs is 1. The second-order valence-electron chi connectivity index (χ2n) is 5.61. The van der Waals surface area contributed by atoms with Crippen molar-refractivity contribution in [1.29, 1.82) is 0 Å². The first-order valence-corrected chi connectivity index (χ1v) is 9.14. The van der Waals surface area contributed by atoms with Gasteiger partial charge in [0.05, 0.1) is 11.4 Å². The van der Waals surface area contributed by atoms with Gasteiger partial charge < -0.3 is 5.32 Å². The van der Waals surface area contributed by atoms with Gasteiger partial charge in [0, 0.05) is 35.3 Å². The van der Waals surface area contributed by atoms with Crippen molar-refractivity contribution in [3.63, 3.8) is 0 Å². The molecule has 0 aliphatic rings. The Morgan fingerprint density at radius 2 is 2.12 bits per heavy atom. The summed E-state index contributed by atoms with van der Waals surface area (Å²) in [5.74, 6) is 0. The lowest BCUT2D eigenvalue weighted by atomic mass is 10.1. The predicted octanol–water partition coefficient (Wildman–Crippen LogP) is 5.33. The van der Waals surface area contributed by atoms with Crippen LogP contribution in [0.2, 0.25) is 5.02 Å². The number of rotatable bonds is 6. The third kappa shape index (κ3) is 3.78. The molecule has 24 heavy (non-hydrogen) atoms. The van der Waals surface area contributed by atoms with Gasteiger partial charge in [-0.2, -0.15) is 0 Å². The monoisotopic (exact) mass is 357 g/mol. The van der Waals surface area contributed by atoms with Crippen LogP contribution in [-0.4, -0.2) is 15.9 Å². The molecule has 2 heterocycles. The molecule has 0 fully saturated rings. The minimum Gasteiger partial charge on any atom is -0.307 e.